The van der Waals surface area contributed by atoms with Crippen LogP contribution >= 0.6 is 0 Å². The first kappa shape index (κ1) is 30.6. The van der Waals surface area contributed by atoms with Gasteiger partial charge in [0.25, 0.3) is 23.6 Å². The van der Waals surface area contributed by atoms with Crippen LogP contribution in [0.5, 0.6) is 11.5 Å². The van der Waals surface area contributed by atoms with Crippen molar-refractivity contribution in [3.63, 3.8) is 0 Å². The number of carbonyl (C=O) groups excluding carboxylic acids is 4. The van der Waals surface area contributed by atoms with Gasteiger partial charge in [-0.3, -0.25) is 24.1 Å². The number of aryl methyl sites for hydroxylation is 1. The van der Waals surface area contributed by atoms with E-state index in [1.807, 2.05) is 13.0 Å². The number of rotatable bonds is 5. The fraction of sp³-hybridized carbons (Fsp3) is 0.152. The number of alkyl halides is 6. The van der Waals surface area contributed by atoms with Crippen LogP contribution in [0.4, 0.5) is 32.0 Å². The van der Waals surface area contributed by atoms with Gasteiger partial charge in [-0.1, -0.05) is 24.3 Å². The van der Waals surface area contributed by atoms with E-state index in [0.717, 1.165) is 24.7 Å². The Balaban J connectivity index is 1.42. The molecule has 0 aromatic heterocycles. The molecule has 46 heavy (non-hydrogen) atoms. The first-order chi connectivity index (χ1) is 21.6. The lowest BCUT2D eigenvalue weighted by atomic mass is 9.71. The molecule has 2 aliphatic rings. The first-order valence-corrected chi connectivity index (χ1v) is 13.5. The molecule has 7 nitrogen and oxygen atoms in total. The largest absolute Gasteiger partial charge is 0.457 e. The quantitative estimate of drug-likeness (QED) is 0.170. The topological polar surface area (TPSA) is 84.0 Å². The maximum Gasteiger partial charge on any atom is 0.411 e. The van der Waals surface area contributed by atoms with Crippen LogP contribution in [-0.2, 0) is 5.41 Å². The molecule has 4 aromatic carbocycles. The van der Waals surface area contributed by atoms with Gasteiger partial charge in [-0.15, -0.1) is 0 Å². The SMILES string of the molecule is Cc1cccc(Oc2ccc(N3C(=O)c4ccc(C(c5ccc6c(c5)C(=O)N(C)C6=O)(C(F)(F)F)C(F)(F)F)cc4C3=O)cc2)c1. The molecular formula is C33H20F6N2O5. The van der Waals surface area contributed by atoms with Crippen LogP contribution in [0.15, 0.2) is 84.9 Å². The summed E-state index contributed by atoms with van der Waals surface area (Å²) in [4.78, 5) is 52.6. The minimum atomic E-state index is -6.05. The maximum absolute atomic E-state index is 14.9. The van der Waals surface area contributed by atoms with E-state index in [0.29, 0.717) is 45.6 Å². The Morgan fingerprint density at radius 2 is 1.07 bits per heavy atom. The van der Waals surface area contributed by atoms with Gasteiger partial charge in [0, 0.05) is 7.05 Å². The van der Waals surface area contributed by atoms with Gasteiger partial charge >= 0.3 is 12.4 Å². The number of anilines is 1. The lowest BCUT2D eigenvalue weighted by Crippen LogP contribution is -2.55. The Morgan fingerprint density at radius 3 is 1.61 bits per heavy atom. The van der Waals surface area contributed by atoms with E-state index in [2.05, 4.69) is 0 Å². The van der Waals surface area contributed by atoms with Crippen LogP contribution in [0.25, 0.3) is 0 Å². The molecule has 0 atom stereocenters. The molecule has 0 bridgehead atoms. The predicted octanol–water partition coefficient (Wildman–Crippen LogP) is 7.22. The number of hydrogen-bond donors (Lipinski definition) is 0. The zero-order chi connectivity index (χ0) is 33.3. The fourth-order valence-electron chi connectivity index (χ4n) is 5.76. The monoisotopic (exact) mass is 638 g/mol. The Morgan fingerprint density at radius 1 is 0.565 bits per heavy atom. The molecule has 4 amide bonds. The number of imide groups is 2. The Bertz CT molecular complexity index is 1950. The van der Waals surface area contributed by atoms with Crippen molar-refractivity contribution in [2.75, 3.05) is 11.9 Å². The third-order valence-corrected chi connectivity index (χ3v) is 8.01. The van der Waals surface area contributed by atoms with Crippen molar-refractivity contribution in [3.8, 4) is 11.5 Å². The highest BCUT2D eigenvalue weighted by Gasteiger charge is 2.73. The van der Waals surface area contributed by atoms with Crippen LogP contribution in [0.3, 0.4) is 0 Å². The average Bonchev–Trinajstić information content (AvgIpc) is 3.36. The van der Waals surface area contributed by atoms with E-state index < -0.39 is 69.2 Å². The number of hydrogen-bond acceptors (Lipinski definition) is 5. The smallest absolute Gasteiger partial charge is 0.411 e. The van der Waals surface area contributed by atoms with Crippen LogP contribution in [0.1, 0.15) is 58.1 Å². The number of fused-ring (bicyclic) bond motifs is 2. The summed E-state index contributed by atoms with van der Waals surface area (Å²) in [6.45, 7) is 1.87. The summed E-state index contributed by atoms with van der Waals surface area (Å²) in [5.74, 6) is -3.18. The highest BCUT2D eigenvalue weighted by atomic mass is 19.4. The molecule has 4 aromatic rings. The second kappa shape index (κ2) is 10.3. The molecule has 0 saturated carbocycles. The third kappa shape index (κ3) is 4.44. The molecule has 0 fully saturated rings. The Labute approximate surface area is 256 Å². The molecular weight excluding hydrogens is 618 g/mol. The van der Waals surface area contributed by atoms with Gasteiger partial charge in [-0.2, -0.15) is 26.3 Å². The Kier molecular flexibility index (Phi) is 6.84. The standard InChI is InChI=1S/C33H20F6N2O5/c1-17-4-3-5-22(14-17)46-21-10-8-20(9-11-21)41-29(44)24-13-7-19(16-26(24)30(41)45)31(32(34,35)36,33(37,38)39)18-6-12-23-25(15-18)28(43)40(2)27(23)42/h3-16H,1-2H3. The van der Waals surface area contributed by atoms with Gasteiger partial charge in [-0.05, 0) is 84.3 Å². The summed E-state index contributed by atoms with van der Waals surface area (Å²) >= 11 is 0. The van der Waals surface area contributed by atoms with Crippen LogP contribution < -0.4 is 9.64 Å². The highest BCUT2D eigenvalue weighted by Crippen LogP contribution is 2.57. The summed E-state index contributed by atoms with van der Waals surface area (Å²) in [6.07, 6.45) is -12.1. The number of benzene rings is 4. The number of nitrogens with zero attached hydrogens (tertiary/aromatic N) is 2. The summed E-state index contributed by atoms with van der Waals surface area (Å²) < 4.78 is 95.0. The number of halogens is 6. The molecule has 234 valence electrons. The van der Waals surface area contributed by atoms with Crippen molar-refractivity contribution in [2.45, 2.75) is 24.7 Å². The van der Waals surface area contributed by atoms with Crippen molar-refractivity contribution < 1.29 is 50.3 Å². The fourth-order valence-corrected chi connectivity index (χ4v) is 5.76. The zero-order valence-electron chi connectivity index (χ0n) is 23.8. The van der Waals surface area contributed by atoms with E-state index >= 15 is 0 Å². The van der Waals surface area contributed by atoms with Crippen molar-refractivity contribution in [3.05, 3.63) is 124 Å². The molecule has 0 radical (unpaired) electrons. The van der Waals surface area contributed by atoms with E-state index in [4.69, 9.17) is 4.74 Å². The molecule has 0 spiro atoms. The normalized spacial score (nSPS) is 15.0. The van der Waals surface area contributed by atoms with Crippen molar-refractivity contribution in [1.82, 2.24) is 4.90 Å². The van der Waals surface area contributed by atoms with Gasteiger partial charge in [-0.25, -0.2) is 4.90 Å². The number of carbonyl (C=O) groups is 4. The zero-order valence-corrected chi connectivity index (χ0v) is 23.8. The van der Waals surface area contributed by atoms with Gasteiger partial charge in [0.1, 0.15) is 11.5 Å². The van der Waals surface area contributed by atoms with Crippen molar-refractivity contribution in [2.24, 2.45) is 0 Å². The predicted molar refractivity (Wildman–Crippen MR) is 151 cm³/mol. The second-order valence-corrected chi connectivity index (χ2v) is 10.8. The van der Waals surface area contributed by atoms with Crippen LogP contribution in [0.2, 0.25) is 0 Å². The highest BCUT2D eigenvalue weighted by molar-refractivity contribution is 6.34. The Hall–Kier alpha value is -5.46. The summed E-state index contributed by atoms with van der Waals surface area (Å²) in [6, 6.07) is 16.0. The first-order valence-electron chi connectivity index (χ1n) is 13.5. The van der Waals surface area contributed by atoms with Gasteiger partial charge < -0.3 is 4.74 Å². The van der Waals surface area contributed by atoms with Gasteiger partial charge in [0.05, 0.1) is 27.9 Å². The maximum atomic E-state index is 14.9. The van der Waals surface area contributed by atoms with Crippen LogP contribution in [0, 0.1) is 6.92 Å². The summed E-state index contributed by atoms with van der Waals surface area (Å²) in [7, 11) is 1.05. The molecule has 6 rings (SSSR count). The lowest BCUT2D eigenvalue weighted by molar-refractivity contribution is -0.288. The van der Waals surface area contributed by atoms with E-state index in [1.165, 1.54) is 24.3 Å². The van der Waals surface area contributed by atoms with E-state index in [9.17, 15) is 45.5 Å². The third-order valence-electron chi connectivity index (χ3n) is 8.01. The van der Waals surface area contributed by atoms with Gasteiger partial charge in [0.15, 0.2) is 0 Å². The van der Waals surface area contributed by atoms with E-state index in [-0.39, 0.29) is 11.3 Å². The molecule has 0 unspecified atom stereocenters. The molecule has 0 saturated heterocycles. The average molecular weight is 639 g/mol. The second-order valence-electron chi connectivity index (χ2n) is 10.8. The molecule has 0 aliphatic carbocycles. The minimum absolute atomic E-state index is 0.00756. The number of amides is 4. The van der Waals surface area contributed by atoms with Crippen molar-refractivity contribution in [1.29, 1.82) is 0 Å². The van der Waals surface area contributed by atoms with E-state index in [1.54, 1.807) is 18.2 Å². The van der Waals surface area contributed by atoms with Crippen molar-refractivity contribution >= 4 is 29.3 Å². The molecule has 2 aliphatic heterocycles. The van der Waals surface area contributed by atoms with Crippen LogP contribution in [-0.4, -0.2) is 47.9 Å². The molecule has 0 N–H and O–H groups in total. The lowest BCUT2D eigenvalue weighted by Gasteiger charge is -2.38. The molecule has 13 heteroatoms. The van der Waals surface area contributed by atoms with Gasteiger partial charge in [0.2, 0.25) is 5.41 Å². The molecule has 2 heterocycles. The number of ether oxygens (including phenoxy) is 1. The summed E-state index contributed by atoms with van der Waals surface area (Å²) in [5.41, 5.74) is -8.63. The minimum Gasteiger partial charge on any atom is -0.457 e. The summed E-state index contributed by atoms with van der Waals surface area (Å²) in [5, 5.41) is 0.